The van der Waals surface area contributed by atoms with Gasteiger partial charge >= 0.3 is 0 Å². The van der Waals surface area contributed by atoms with Gasteiger partial charge in [-0.15, -0.1) is 0 Å². The zero-order valence-corrected chi connectivity index (χ0v) is 7.42. The minimum Gasteiger partial charge on any atom is -0.486 e. The number of rotatable bonds is 1. The minimum absolute atomic E-state index is 0.0953. The van der Waals surface area contributed by atoms with Crippen LogP contribution in [0.5, 0.6) is 11.5 Å². The van der Waals surface area contributed by atoms with Gasteiger partial charge in [0.05, 0.1) is 0 Å². The summed E-state index contributed by atoms with van der Waals surface area (Å²) in [7, 11) is 0. The fourth-order valence-electron chi connectivity index (χ4n) is 1.29. The van der Waals surface area contributed by atoms with E-state index in [0.29, 0.717) is 18.1 Å². The lowest BCUT2D eigenvalue weighted by atomic mass is 10.2. The van der Waals surface area contributed by atoms with Crippen LogP contribution in [0.1, 0.15) is 13.3 Å². The van der Waals surface area contributed by atoms with E-state index in [2.05, 4.69) is 0 Å². The molecule has 1 atom stereocenters. The molecular formula is C10H11FO2. The average molecular weight is 182 g/mol. The highest BCUT2D eigenvalue weighted by Crippen LogP contribution is 2.32. The van der Waals surface area contributed by atoms with Crippen molar-refractivity contribution in [3.05, 3.63) is 24.0 Å². The van der Waals surface area contributed by atoms with Gasteiger partial charge in [0.1, 0.15) is 18.5 Å². The fourth-order valence-corrected chi connectivity index (χ4v) is 1.29. The Morgan fingerprint density at radius 1 is 1.46 bits per heavy atom. The quantitative estimate of drug-likeness (QED) is 0.663. The molecule has 0 amide bonds. The third kappa shape index (κ3) is 1.59. The van der Waals surface area contributed by atoms with Crippen molar-refractivity contribution in [3.63, 3.8) is 0 Å². The number of hydrogen-bond donors (Lipinski definition) is 0. The van der Waals surface area contributed by atoms with Gasteiger partial charge in [0.25, 0.3) is 0 Å². The molecule has 0 bridgehead atoms. The van der Waals surface area contributed by atoms with Crippen LogP contribution in [0.3, 0.4) is 0 Å². The molecule has 70 valence electrons. The Hall–Kier alpha value is -1.25. The maximum atomic E-state index is 12.7. The van der Waals surface area contributed by atoms with Crippen molar-refractivity contribution in [3.8, 4) is 11.5 Å². The molecule has 0 radical (unpaired) electrons. The minimum atomic E-state index is -0.294. The molecule has 1 aromatic carbocycles. The summed E-state index contributed by atoms with van der Waals surface area (Å²) in [6.07, 6.45) is 0.995. The molecule has 0 aliphatic carbocycles. The molecule has 0 fully saturated rings. The highest BCUT2D eigenvalue weighted by molar-refractivity contribution is 5.41. The summed E-state index contributed by atoms with van der Waals surface area (Å²) in [4.78, 5) is 0. The number of benzene rings is 1. The maximum Gasteiger partial charge on any atom is 0.164 e. The normalized spacial score (nSPS) is 20.0. The first-order valence-electron chi connectivity index (χ1n) is 4.38. The van der Waals surface area contributed by atoms with Gasteiger partial charge in [-0.2, -0.15) is 0 Å². The Kier molecular flexibility index (Phi) is 2.08. The van der Waals surface area contributed by atoms with Gasteiger partial charge in [-0.1, -0.05) is 6.92 Å². The molecule has 0 aromatic heterocycles. The van der Waals surface area contributed by atoms with E-state index in [1.165, 1.54) is 12.1 Å². The highest BCUT2D eigenvalue weighted by Gasteiger charge is 2.19. The SMILES string of the molecule is CCC1COc2cc(F)ccc2O1. The smallest absolute Gasteiger partial charge is 0.164 e. The van der Waals surface area contributed by atoms with Crippen molar-refractivity contribution < 1.29 is 13.9 Å². The van der Waals surface area contributed by atoms with Crippen LogP contribution in [-0.4, -0.2) is 12.7 Å². The van der Waals surface area contributed by atoms with E-state index in [-0.39, 0.29) is 11.9 Å². The fraction of sp³-hybridized carbons (Fsp3) is 0.400. The first kappa shape index (κ1) is 8.35. The second-order valence-corrected chi connectivity index (χ2v) is 3.05. The summed E-state index contributed by atoms with van der Waals surface area (Å²) < 4.78 is 23.6. The van der Waals surface area contributed by atoms with E-state index in [1.807, 2.05) is 6.92 Å². The molecule has 13 heavy (non-hydrogen) atoms. The van der Waals surface area contributed by atoms with Gasteiger partial charge in [0.15, 0.2) is 11.5 Å². The van der Waals surface area contributed by atoms with E-state index in [1.54, 1.807) is 6.07 Å². The molecule has 1 aromatic rings. The lowest BCUT2D eigenvalue weighted by Gasteiger charge is -2.25. The molecule has 2 nitrogen and oxygen atoms in total. The van der Waals surface area contributed by atoms with Crippen molar-refractivity contribution in [1.82, 2.24) is 0 Å². The number of ether oxygens (including phenoxy) is 2. The molecule has 0 saturated heterocycles. The van der Waals surface area contributed by atoms with Crippen LogP contribution < -0.4 is 9.47 Å². The Bertz CT molecular complexity index is 312. The van der Waals surface area contributed by atoms with Gasteiger partial charge < -0.3 is 9.47 Å². The third-order valence-electron chi connectivity index (χ3n) is 2.08. The van der Waals surface area contributed by atoms with Gasteiger partial charge in [-0.25, -0.2) is 4.39 Å². The van der Waals surface area contributed by atoms with E-state index >= 15 is 0 Å². The first-order chi connectivity index (χ1) is 6.29. The van der Waals surface area contributed by atoms with Crippen LogP contribution in [0.4, 0.5) is 4.39 Å². The molecular weight excluding hydrogens is 171 g/mol. The molecule has 0 spiro atoms. The van der Waals surface area contributed by atoms with E-state index < -0.39 is 0 Å². The van der Waals surface area contributed by atoms with Gasteiger partial charge in [-0.05, 0) is 18.6 Å². The Morgan fingerprint density at radius 2 is 2.31 bits per heavy atom. The molecule has 0 N–H and O–H groups in total. The lowest BCUT2D eigenvalue weighted by molar-refractivity contribution is 0.0879. The summed E-state index contributed by atoms with van der Waals surface area (Å²) in [5, 5.41) is 0. The second kappa shape index (κ2) is 3.24. The monoisotopic (exact) mass is 182 g/mol. The summed E-state index contributed by atoms with van der Waals surface area (Å²) in [6, 6.07) is 4.33. The number of hydrogen-bond acceptors (Lipinski definition) is 2. The van der Waals surface area contributed by atoms with E-state index in [9.17, 15) is 4.39 Å². The maximum absolute atomic E-state index is 12.7. The average Bonchev–Trinajstić information content (AvgIpc) is 2.17. The van der Waals surface area contributed by atoms with E-state index in [4.69, 9.17) is 9.47 Å². The predicted molar refractivity (Wildman–Crippen MR) is 46.6 cm³/mol. The Labute approximate surface area is 76.3 Å². The van der Waals surface area contributed by atoms with Crippen LogP contribution in [0.25, 0.3) is 0 Å². The van der Waals surface area contributed by atoms with Gasteiger partial charge in [0.2, 0.25) is 0 Å². The van der Waals surface area contributed by atoms with Crippen molar-refractivity contribution in [1.29, 1.82) is 0 Å². The molecule has 0 saturated carbocycles. The zero-order chi connectivity index (χ0) is 9.26. The summed E-state index contributed by atoms with van der Waals surface area (Å²) >= 11 is 0. The molecule has 1 heterocycles. The van der Waals surface area contributed by atoms with Crippen LogP contribution in [0.2, 0.25) is 0 Å². The van der Waals surface area contributed by atoms with Crippen molar-refractivity contribution >= 4 is 0 Å². The summed E-state index contributed by atoms with van der Waals surface area (Å²) in [5.41, 5.74) is 0. The third-order valence-corrected chi connectivity index (χ3v) is 2.08. The van der Waals surface area contributed by atoms with Crippen molar-refractivity contribution in [2.75, 3.05) is 6.61 Å². The topological polar surface area (TPSA) is 18.5 Å². The summed E-state index contributed by atoms with van der Waals surface area (Å²) in [6.45, 7) is 2.54. The Morgan fingerprint density at radius 3 is 3.08 bits per heavy atom. The molecule has 1 aliphatic rings. The van der Waals surface area contributed by atoms with E-state index in [0.717, 1.165) is 6.42 Å². The van der Waals surface area contributed by atoms with Gasteiger partial charge in [-0.3, -0.25) is 0 Å². The number of fused-ring (bicyclic) bond motifs is 1. The zero-order valence-electron chi connectivity index (χ0n) is 7.42. The predicted octanol–water partition coefficient (Wildman–Crippen LogP) is 2.38. The van der Waals surface area contributed by atoms with Crippen LogP contribution in [-0.2, 0) is 0 Å². The highest BCUT2D eigenvalue weighted by atomic mass is 19.1. The van der Waals surface area contributed by atoms with Crippen molar-refractivity contribution in [2.24, 2.45) is 0 Å². The van der Waals surface area contributed by atoms with Crippen LogP contribution in [0.15, 0.2) is 18.2 Å². The van der Waals surface area contributed by atoms with Crippen LogP contribution >= 0.6 is 0 Å². The summed E-state index contributed by atoms with van der Waals surface area (Å²) in [5.74, 6) is 0.849. The largest absolute Gasteiger partial charge is 0.486 e. The second-order valence-electron chi connectivity index (χ2n) is 3.05. The first-order valence-corrected chi connectivity index (χ1v) is 4.38. The number of halogens is 1. The standard InChI is InChI=1S/C10H11FO2/c1-2-8-6-12-10-5-7(11)3-4-9(10)13-8/h3-5,8H,2,6H2,1H3. The van der Waals surface area contributed by atoms with Crippen LogP contribution in [0, 0.1) is 5.82 Å². The molecule has 2 rings (SSSR count). The van der Waals surface area contributed by atoms with Crippen molar-refractivity contribution in [2.45, 2.75) is 19.4 Å². The lowest BCUT2D eigenvalue weighted by Crippen LogP contribution is -2.28. The molecule has 3 heteroatoms. The Balaban J connectivity index is 2.26. The van der Waals surface area contributed by atoms with Gasteiger partial charge in [0, 0.05) is 6.07 Å². The molecule has 1 unspecified atom stereocenters. The molecule has 1 aliphatic heterocycles.